The Hall–Kier alpha value is -5.29. The highest BCUT2D eigenvalue weighted by Crippen LogP contribution is 2.37. The first-order valence-corrected chi connectivity index (χ1v) is 13.3. The summed E-state index contributed by atoms with van der Waals surface area (Å²) >= 11 is 0. The summed E-state index contributed by atoms with van der Waals surface area (Å²) in [5, 5.41) is 3.14. The van der Waals surface area contributed by atoms with Crippen molar-refractivity contribution in [2.75, 3.05) is 24.2 Å². The lowest BCUT2D eigenvalue weighted by atomic mass is 10.1. The van der Waals surface area contributed by atoms with E-state index in [-0.39, 0.29) is 0 Å². The molecule has 0 aliphatic rings. The van der Waals surface area contributed by atoms with E-state index in [9.17, 15) is 0 Å². The van der Waals surface area contributed by atoms with Crippen molar-refractivity contribution >= 4 is 55.7 Å². The number of allylic oxidation sites excluding steroid dienone is 4. The molecule has 196 valence electrons. The topological polar surface area (TPSA) is 59.7 Å². The van der Waals surface area contributed by atoms with Gasteiger partial charge >= 0.3 is 0 Å². The van der Waals surface area contributed by atoms with Gasteiger partial charge in [-0.25, -0.2) is 0 Å². The van der Waals surface area contributed by atoms with Crippen LogP contribution in [0.3, 0.4) is 0 Å². The van der Waals surface area contributed by atoms with Crippen LogP contribution in [0.2, 0.25) is 0 Å². The van der Waals surface area contributed by atoms with E-state index in [1.807, 2.05) is 54.6 Å². The second-order valence-electron chi connectivity index (χ2n) is 9.44. The first-order chi connectivity index (χ1) is 19.7. The highest BCUT2D eigenvalue weighted by molar-refractivity contribution is 6.20. The van der Waals surface area contributed by atoms with Gasteiger partial charge in [-0.2, -0.15) is 0 Å². The summed E-state index contributed by atoms with van der Waals surface area (Å²) in [7, 11) is 1.78. The van der Waals surface area contributed by atoms with Crippen molar-refractivity contribution in [3.05, 3.63) is 140 Å². The Kier molecular flexibility index (Phi) is 6.77. The number of benzene rings is 4. The number of hydrogen-bond acceptors (Lipinski definition) is 4. The predicted octanol–water partition coefficient (Wildman–Crippen LogP) is 8.48. The molecule has 0 spiro atoms. The number of aliphatic imine (C=N–C) groups is 1. The maximum atomic E-state index is 6.60. The minimum absolute atomic E-state index is 0.569. The molecule has 6 aromatic rings. The van der Waals surface area contributed by atoms with Gasteiger partial charge in [0.05, 0.1) is 16.7 Å². The normalized spacial score (nSPS) is 12.4. The molecule has 5 heteroatoms. The number of aromatic nitrogens is 1. The van der Waals surface area contributed by atoms with Gasteiger partial charge in [-0.1, -0.05) is 85.5 Å². The zero-order chi connectivity index (χ0) is 27.5. The van der Waals surface area contributed by atoms with E-state index in [2.05, 4.69) is 82.8 Å². The van der Waals surface area contributed by atoms with E-state index in [1.165, 1.54) is 0 Å². The molecule has 0 aliphatic heterocycles. The summed E-state index contributed by atoms with van der Waals surface area (Å²) in [4.78, 5) is 7.00. The van der Waals surface area contributed by atoms with Gasteiger partial charge in [-0.05, 0) is 48.5 Å². The zero-order valence-electron chi connectivity index (χ0n) is 22.4. The maximum Gasteiger partial charge on any atom is 0.193 e. The summed E-state index contributed by atoms with van der Waals surface area (Å²) < 4.78 is 8.41. The Labute approximate surface area is 233 Å². The molecule has 0 saturated heterocycles. The van der Waals surface area contributed by atoms with E-state index in [4.69, 9.17) is 15.1 Å². The van der Waals surface area contributed by atoms with Crippen LogP contribution in [0.4, 0.5) is 17.1 Å². The zero-order valence-corrected chi connectivity index (χ0v) is 22.4. The highest BCUT2D eigenvalue weighted by Gasteiger charge is 2.22. The molecule has 0 aliphatic carbocycles. The Morgan fingerprint density at radius 3 is 2.33 bits per heavy atom. The minimum Gasteiger partial charge on any atom is -0.451 e. The third-order valence-corrected chi connectivity index (χ3v) is 7.08. The van der Waals surface area contributed by atoms with Crippen molar-refractivity contribution in [1.82, 2.24) is 4.57 Å². The van der Waals surface area contributed by atoms with E-state index in [1.54, 1.807) is 13.1 Å². The van der Waals surface area contributed by atoms with Gasteiger partial charge in [-0.3, -0.25) is 9.56 Å². The third kappa shape index (κ3) is 4.37. The van der Waals surface area contributed by atoms with Gasteiger partial charge < -0.3 is 15.1 Å². The number of para-hydroxylation sites is 3. The first-order valence-electron chi connectivity index (χ1n) is 13.3. The van der Waals surface area contributed by atoms with E-state index >= 15 is 0 Å². The molecule has 0 amide bonds. The standard InChI is InChI=1S/C35H30N4O/c1-3-4-5-6-14-23-38(25-15-8-7-9-16-25)26-21-22-31-29(24-26)27-17-10-12-19-30(27)39(31)35(37-2)34-33(36)28-18-11-13-20-32(28)40-34/h3-22,24H,1,23,36H2,2H3/b5-4-,14-6-,37-35?. The van der Waals surface area contributed by atoms with Crippen LogP contribution in [0.5, 0.6) is 0 Å². The van der Waals surface area contributed by atoms with Crippen molar-refractivity contribution in [2.45, 2.75) is 0 Å². The molecule has 0 saturated carbocycles. The fourth-order valence-corrected chi connectivity index (χ4v) is 5.25. The fourth-order valence-electron chi connectivity index (χ4n) is 5.25. The van der Waals surface area contributed by atoms with Crippen molar-refractivity contribution in [2.24, 2.45) is 4.99 Å². The summed E-state index contributed by atoms with van der Waals surface area (Å²) in [6.07, 6.45) is 9.88. The van der Waals surface area contributed by atoms with Crippen molar-refractivity contribution in [3.63, 3.8) is 0 Å². The fraction of sp³-hybridized carbons (Fsp3) is 0.0571. The van der Waals surface area contributed by atoms with Crippen molar-refractivity contribution < 1.29 is 4.42 Å². The van der Waals surface area contributed by atoms with Crippen LogP contribution in [0.25, 0.3) is 32.8 Å². The van der Waals surface area contributed by atoms with Crippen LogP contribution in [-0.2, 0) is 0 Å². The molecule has 2 heterocycles. The van der Waals surface area contributed by atoms with Gasteiger partial charge in [0.1, 0.15) is 5.58 Å². The SMILES string of the molecule is C=C/C=C\C=C/CN(c1ccccc1)c1ccc2c(c1)c1ccccc1n2C(=NC)c1oc2ccccc2c1N. The average molecular weight is 523 g/mol. The number of hydrogen-bond donors (Lipinski definition) is 1. The molecule has 0 atom stereocenters. The molecular weight excluding hydrogens is 492 g/mol. The minimum atomic E-state index is 0.569. The van der Waals surface area contributed by atoms with Crippen LogP contribution in [0.1, 0.15) is 5.76 Å². The van der Waals surface area contributed by atoms with E-state index < -0.39 is 0 Å². The number of furan rings is 1. The summed E-state index contributed by atoms with van der Waals surface area (Å²) in [6.45, 7) is 4.46. The molecule has 2 aromatic heterocycles. The molecule has 0 bridgehead atoms. The third-order valence-electron chi connectivity index (χ3n) is 7.08. The van der Waals surface area contributed by atoms with Crippen LogP contribution in [0, 0.1) is 0 Å². The molecule has 6 rings (SSSR count). The highest BCUT2D eigenvalue weighted by atomic mass is 16.3. The lowest BCUT2D eigenvalue weighted by Crippen LogP contribution is -2.17. The molecule has 2 N–H and O–H groups in total. The second-order valence-corrected chi connectivity index (χ2v) is 9.44. The van der Waals surface area contributed by atoms with Gasteiger partial charge in [-0.15, -0.1) is 0 Å². The van der Waals surface area contributed by atoms with Crippen molar-refractivity contribution in [3.8, 4) is 0 Å². The van der Waals surface area contributed by atoms with Crippen LogP contribution < -0.4 is 10.6 Å². The quantitative estimate of drug-likeness (QED) is 0.130. The van der Waals surface area contributed by atoms with Gasteiger partial charge in [0.15, 0.2) is 11.6 Å². The molecule has 5 nitrogen and oxygen atoms in total. The number of nitrogen functional groups attached to an aromatic ring is 1. The number of anilines is 3. The summed E-state index contributed by atoms with van der Waals surface area (Å²) in [6, 6.07) is 33.2. The Balaban J connectivity index is 1.52. The summed E-state index contributed by atoms with van der Waals surface area (Å²) in [5.41, 5.74) is 12.2. The van der Waals surface area contributed by atoms with Crippen LogP contribution in [-0.4, -0.2) is 24.0 Å². The number of fused-ring (bicyclic) bond motifs is 4. The average Bonchev–Trinajstić information content (AvgIpc) is 3.51. The molecule has 40 heavy (non-hydrogen) atoms. The monoisotopic (exact) mass is 522 g/mol. The van der Waals surface area contributed by atoms with Gasteiger partial charge in [0.2, 0.25) is 0 Å². The number of nitrogens with two attached hydrogens (primary N) is 1. The summed E-state index contributed by atoms with van der Waals surface area (Å²) in [5.74, 6) is 1.24. The number of nitrogens with zero attached hydrogens (tertiary/aromatic N) is 3. The maximum absolute atomic E-state index is 6.60. The number of rotatable bonds is 7. The first kappa shape index (κ1) is 25.0. The second kappa shape index (κ2) is 10.8. The molecule has 0 unspecified atom stereocenters. The molecule has 0 radical (unpaired) electrons. The van der Waals surface area contributed by atoms with E-state index in [0.29, 0.717) is 23.8 Å². The Morgan fingerprint density at radius 2 is 1.55 bits per heavy atom. The van der Waals surface area contributed by atoms with Crippen molar-refractivity contribution in [1.29, 1.82) is 0 Å². The smallest absolute Gasteiger partial charge is 0.193 e. The lowest BCUT2D eigenvalue weighted by Gasteiger charge is -2.24. The molecule has 0 fully saturated rings. The Bertz CT molecular complexity index is 1920. The Morgan fingerprint density at radius 1 is 0.825 bits per heavy atom. The van der Waals surface area contributed by atoms with Crippen LogP contribution in [0.15, 0.2) is 143 Å². The van der Waals surface area contributed by atoms with Gasteiger partial charge in [0.25, 0.3) is 0 Å². The lowest BCUT2D eigenvalue weighted by molar-refractivity contribution is 0.603. The predicted molar refractivity (Wildman–Crippen MR) is 170 cm³/mol. The largest absolute Gasteiger partial charge is 0.451 e. The van der Waals surface area contributed by atoms with Gasteiger partial charge in [0, 0.05) is 41.1 Å². The molecule has 4 aromatic carbocycles. The molecular formula is C35H30N4O. The van der Waals surface area contributed by atoms with Crippen LogP contribution >= 0.6 is 0 Å². The van der Waals surface area contributed by atoms with E-state index in [0.717, 1.165) is 44.1 Å².